The van der Waals surface area contributed by atoms with Gasteiger partial charge in [0.15, 0.2) is 0 Å². The van der Waals surface area contributed by atoms with Crippen molar-refractivity contribution in [3.8, 4) is 0 Å². The second kappa shape index (κ2) is 22.4. The van der Waals surface area contributed by atoms with Crippen LogP contribution in [0.15, 0.2) is 0 Å². The third kappa shape index (κ3) is 18.7. The summed E-state index contributed by atoms with van der Waals surface area (Å²) >= 11 is 0. The van der Waals surface area contributed by atoms with E-state index in [1.54, 1.807) is 7.11 Å². The molecule has 0 aromatic rings. The van der Waals surface area contributed by atoms with Gasteiger partial charge in [-0.1, -0.05) is 97.3 Å². The van der Waals surface area contributed by atoms with Gasteiger partial charge in [0.05, 0.1) is 13.2 Å². The molecule has 1 N–H and O–H groups in total. The monoisotopic (exact) mass is 429 g/mol. The van der Waals surface area contributed by atoms with Crippen molar-refractivity contribution in [2.45, 2.75) is 116 Å². The second-order valence-electron chi connectivity index (χ2n) is 8.02. The van der Waals surface area contributed by atoms with E-state index in [2.05, 4.69) is 19.2 Å². The van der Waals surface area contributed by atoms with Crippen LogP contribution < -0.4 is 5.32 Å². The summed E-state index contributed by atoms with van der Waals surface area (Å²) in [4.78, 5) is 24.3. The first kappa shape index (κ1) is 28.7. The number of hydrogen-bond acceptors (Lipinski definition) is 5. The van der Waals surface area contributed by atoms with E-state index in [-0.39, 0.29) is 12.6 Å². The summed E-state index contributed by atoms with van der Waals surface area (Å²) in [5.41, 5.74) is 0. The number of hydrogen-bond donors (Lipinski definition) is 1. The van der Waals surface area contributed by atoms with E-state index in [0.29, 0.717) is 19.6 Å². The molecule has 0 spiro atoms. The van der Waals surface area contributed by atoms with E-state index in [1.807, 2.05) is 0 Å². The molecule has 0 aliphatic carbocycles. The molecule has 1 amide bonds. The minimum atomic E-state index is -0.639. The molecule has 0 aliphatic heterocycles. The summed E-state index contributed by atoms with van der Waals surface area (Å²) in [7, 11) is 1.54. The summed E-state index contributed by atoms with van der Waals surface area (Å²) in [6.07, 6.45) is 16.6. The Morgan fingerprint density at radius 2 is 1.20 bits per heavy atom. The minimum absolute atomic E-state index is 0.165. The quantitative estimate of drug-likeness (QED) is 0.175. The van der Waals surface area contributed by atoms with Crippen LogP contribution in [0, 0.1) is 0 Å². The number of alkyl carbamates (subject to hydrolysis) is 1. The molecule has 0 fully saturated rings. The highest BCUT2D eigenvalue weighted by Crippen LogP contribution is 2.11. The highest BCUT2D eigenvalue weighted by atomic mass is 16.6. The molecular formula is C24H47NO5. The highest BCUT2D eigenvalue weighted by Gasteiger charge is 2.22. The molecule has 1 atom stereocenters. The number of amides is 1. The van der Waals surface area contributed by atoms with Crippen LogP contribution in [0.25, 0.3) is 0 Å². The SMILES string of the molecule is CCCCCCCCCCCCOC(=O)C(CCCCCC)NC(=O)OCCOC. The van der Waals surface area contributed by atoms with Gasteiger partial charge in [0.1, 0.15) is 12.6 Å². The molecule has 0 aliphatic rings. The summed E-state index contributed by atoms with van der Waals surface area (Å²) in [6, 6.07) is -0.639. The van der Waals surface area contributed by atoms with Crippen molar-refractivity contribution in [3.63, 3.8) is 0 Å². The molecule has 0 bridgehead atoms. The predicted molar refractivity (Wildman–Crippen MR) is 122 cm³/mol. The number of unbranched alkanes of at least 4 members (excludes halogenated alkanes) is 12. The maximum Gasteiger partial charge on any atom is 0.407 e. The number of rotatable bonds is 21. The number of nitrogens with one attached hydrogen (secondary N) is 1. The number of esters is 1. The molecule has 0 saturated carbocycles. The molecule has 0 radical (unpaired) electrons. The summed E-state index contributed by atoms with van der Waals surface area (Å²) < 4.78 is 15.3. The van der Waals surface area contributed by atoms with Crippen LogP contribution >= 0.6 is 0 Å². The fraction of sp³-hybridized carbons (Fsp3) is 0.917. The Bertz CT molecular complexity index is 403. The fourth-order valence-corrected chi connectivity index (χ4v) is 3.29. The number of methoxy groups -OCH3 is 1. The van der Waals surface area contributed by atoms with Crippen LogP contribution in [-0.4, -0.2) is 45.0 Å². The minimum Gasteiger partial charge on any atom is -0.464 e. The highest BCUT2D eigenvalue weighted by molar-refractivity contribution is 5.81. The molecule has 6 heteroatoms. The van der Waals surface area contributed by atoms with Crippen molar-refractivity contribution in [3.05, 3.63) is 0 Å². The van der Waals surface area contributed by atoms with E-state index in [1.165, 1.54) is 51.4 Å². The standard InChI is InChI=1S/C24H47NO5/c1-4-6-8-10-11-12-13-14-15-17-19-29-23(26)22(18-16-9-7-5-2)25-24(27)30-21-20-28-3/h22H,4-21H2,1-3H3,(H,25,27). The third-order valence-electron chi connectivity index (χ3n) is 5.19. The van der Waals surface area contributed by atoms with Crippen molar-refractivity contribution in [2.75, 3.05) is 26.9 Å². The number of ether oxygens (including phenoxy) is 3. The first-order chi connectivity index (χ1) is 14.7. The van der Waals surface area contributed by atoms with Crippen molar-refractivity contribution in [1.29, 1.82) is 0 Å². The van der Waals surface area contributed by atoms with Crippen molar-refractivity contribution in [2.24, 2.45) is 0 Å². The van der Waals surface area contributed by atoms with Crippen LogP contribution in [0.5, 0.6) is 0 Å². The average molecular weight is 430 g/mol. The van der Waals surface area contributed by atoms with Crippen LogP contribution in [-0.2, 0) is 19.0 Å². The van der Waals surface area contributed by atoms with Gasteiger partial charge in [-0.2, -0.15) is 0 Å². The van der Waals surface area contributed by atoms with Crippen LogP contribution in [0.1, 0.15) is 110 Å². The Balaban J connectivity index is 3.99. The zero-order valence-electron chi connectivity index (χ0n) is 19.8. The van der Waals surface area contributed by atoms with Crippen LogP contribution in [0.2, 0.25) is 0 Å². The van der Waals surface area contributed by atoms with E-state index < -0.39 is 12.1 Å². The normalized spacial score (nSPS) is 11.8. The van der Waals surface area contributed by atoms with E-state index in [9.17, 15) is 9.59 Å². The maximum absolute atomic E-state index is 12.4. The smallest absolute Gasteiger partial charge is 0.407 e. The fourth-order valence-electron chi connectivity index (χ4n) is 3.29. The zero-order valence-corrected chi connectivity index (χ0v) is 19.8. The van der Waals surface area contributed by atoms with E-state index in [0.717, 1.165) is 38.5 Å². The second-order valence-corrected chi connectivity index (χ2v) is 8.02. The predicted octanol–water partition coefficient (Wildman–Crippen LogP) is 6.16. The Morgan fingerprint density at radius 1 is 0.667 bits per heavy atom. The molecule has 178 valence electrons. The van der Waals surface area contributed by atoms with E-state index >= 15 is 0 Å². The Labute approximate surface area is 184 Å². The van der Waals surface area contributed by atoms with Crippen molar-refractivity contribution in [1.82, 2.24) is 5.32 Å². The van der Waals surface area contributed by atoms with Gasteiger partial charge in [-0.15, -0.1) is 0 Å². The molecular weight excluding hydrogens is 382 g/mol. The van der Waals surface area contributed by atoms with Crippen LogP contribution in [0.3, 0.4) is 0 Å². The Hall–Kier alpha value is -1.30. The molecule has 0 heterocycles. The molecule has 6 nitrogen and oxygen atoms in total. The van der Waals surface area contributed by atoms with Gasteiger partial charge in [-0.05, 0) is 12.8 Å². The lowest BCUT2D eigenvalue weighted by Crippen LogP contribution is -2.42. The molecule has 0 aromatic heterocycles. The lowest BCUT2D eigenvalue weighted by molar-refractivity contribution is -0.146. The maximum atomic E-state index is 12.4. The summed E-state index contributed by atoms with van der Waals surface area (Å²) in [5.74, 6) is -0.355. The lowest BCUT2D eigenvalue weighted by atomic mass is 10.1. The molecule has 0 aromatic carbocycles. The van der Waals surface area contributed by atoms with Gasteiger partial charge in [0.2, 0.25) is 0 Å². The topological polar surface area (TPSA) is 73.9 Å². The largest absolute Gasteiger partial charge is 0.464 e. The summed E-state index contributed by atoms with van der Waals surface area (Å²) in [6.45, 7) is 5.30. The van der Waals surface area contributed by atoms with Gasteiger partial charge >= 0.3 is 12.1 Å². The van der Waals surface area contributed by atoms with Gasteiger partial charge in [0, 0.05) is 7.11 Å². The van der Waals surface area contributed by atoms with Gasteiger partial charge in [-0.3, -0.25) is 0 Å². The number of carbonyl (C=O) groups is 2. The van der Waals surface area contributed by atoms with Gasteiger partial charge in [-0.25, -0.2) is 9.59 Å². The van der Waals surface area contributed by atoms with Gasteiger partial charge in [0.25, 0.3) is 0 Å². The Kier molecular flexibility index (Phi) is 21.4. The molecule has 1 unspecified atom stereocenters. The molecule has 0 saturated heterocycles. The first-order valence-electron chi connectivity index (χ1n) is 12.2. The van der Waals surface area contributed by atoms with Gasteiger partial charge < -0.3 is 19.5 Å². The van der Waals surface area contributed by atoms with Crippen LogP contribution in [0.4, 0.5) is 4.79 Å². The lowest BCUT2D eigenvalue weighted by Gasteiger charge is -2.17. The zero-order chi connectivity index (χ0) is 22.3. The summed E-state index contributed by atoms with van der Waals surface area (Å²) in [5, 5.41) is 2.65. The molecule has 30 heavy (non-hydrogen) atoms. The average Bonchev–Trinajstić information content (AvgIpc) is 2.74. The third-order valence-corrected chi connectivity index (χ3v) is 5.19. The molecule has 0 rings (SSSR count). The first-order valence-corrected chi connectivity index (χ1v) is 12.2. The van der Waals surface area contributed by atoms with Crippen molar-refractivity contribution < 1.29 is 23.8 Å². The van der Waals surface area contributed by atoms with E-state index in [4.69, 9.17) is 14.2 Å². The Morgan fingerprint density at radius 3 is 1.77 bits per heavy atom. The number of carbonyl (C=O) groups excluding carboxylic acids is 2. The van der Waals surface area contributed by atoms with Crippen molar-refractivity contribution >= 4 is 12.1 Å².